The van der Waals surface area contributed by atoms with Gasteiger partial charge in [-0.1, -0.05) is 0 Å². The van der Waals surface area contributed by atoms with Crippen LogP contribution >= 0.6 is 0 Å². The van der Waals surface area contributed by atoms with Crippen LogP contribution in [-0.2, 0) is 11.8 Å². The van der Waals surface area contributed by atoms with E-state index in [1.165, 1.54) is 10.9 Å². The summed E-state index contributed by atoms with van der Waals surface area (Å²) in [5.41, 5.74) is 0. The van der Waals surface area contributed by atoms with E-state index in [0.717, 1.165) is 0 Å². The minimum absolute atomic E-state index is 0.131. The molecule has 1 aromatic heterocycles. The molecule has 1 heterocycles. The zero-order valence-corrected chi connectivity index (χ0v) is 10.9. The zero-order valence-electron chi connectivity index (χ0n) is 10.9. The molecule has 0 radical (unpaired) electrons. The van der Waals surface area contributed by atoms with Gasteiger partial charge in [-0.25, -0.2) is 0 Å². The molecule has 0 saturated heterocycles. The Kier molecular flexibility index (Phi) is 4.24. The van der Waals surface area contributed by atoms with E-state index in [1.807, 2.05) is 6.92 Å². The van der Waals surface area contributed by atoms with Crippen LogP contribution in [0.3, 0.4) is 0 Å². The van der Waals surface area contributed by atoms with Gasteiger partial charge in [-0.15, -0.1) is 0 Å². The van der Waals surface area contributed by atoms with Crippen molar-refractivity contribution in [2.24, 2.45) is 7.05 Å². The van der Waals surface area contributed by atoms with Crippen molar-refractivity contribution in [2.45, 2.75) is 19.9 Å². The van der Waals surface area contributed by atoms with Crippen molar-refractivity contribution in [3.8, 4) is 0 Å². The van der Waals surface area contributed by atoms with Crippen LogP contribution in [0.15, 0.2) is 6.33 Å². The first-order chi connectivity index (χ1) is 8.38. The molecule has 18 heavy (non-hydrogen) atoms. The lowest BCUT2D eigenvalue weighted by Gasteiger charge is -2.20. The van der Waals surface area contributed by atoms with Crippen LogP contribution < -0.4 is 5.32 Å². The number of carbonyl (C=O) groups is 1. The number of anilines is 1. The topological polar surface area (TPSA) is 93.3 Å². The molecule has 0 aliphatic rings. The minimum atomic E-state index is -0.580. The second kappa shape index (κ2) is 5.48. The highest BCUT2D eigenvalue weighted by Gasteiger charge is 2.24. The Morgan fingerprint density at radius 2 is 2.33 bits per heavy atom. The van der Waals surface area contributed by atoms with Gasteiger partial charge in [0, 0.05) is 20.6 Å². The average molecular weight is 255 g/mol. The number of amides is 1. The van der Waals surface area contributed by atoms with E-state index in [2.05, 4.69) is 10.3 Å². The predicted molar refractivity (Wildman–Crippen MR) is 66.3 cm³/mol. The van der Waals surface area contributed by atoms with E-state index in [9.17, 15) is 14.9 Å². The smallest absolute Gasteiger partial charge is 0.358 e. The summed E-state index contributed by atoms with van der Waals surface area (Å²) in [5, 5.41) is 13.6. The number of imidazole rings is 1. The third-order valence-electron chi connectivity index (χ3n) is 2.66. The highest BCUT2D eigenvalue weighted by molar-refractivity contribution is 5.84. The van der Waals surface area contributed by atoms with Crippen molar-refractivity contribution < 1.29 is 9.72 Å². The van der Waals surface area contributed by atoms with Gasteiger partial charge in [0.2, 0.25) is 18.1 Å². The SMILES string of the molecule is CCN(C)C(=O)C(C)Nc1c([N+](=O)[O-])ncn1C. The molecule has 0 bridgehead atoms. The number of nitrogens with one attached hydrogen (secondary N) is 1. The Balaban J connectivity index is 2.88. The zero-order chi connectivity index (χ0) is 13.9. The highest BCUT2D eigenvalue weighted by atomic mass is 16.6. The molecule has 8 nitrogen and oxygen atoms in total. The fraction of sp³-hybridized carbons (Fsp3) is 0.600. The first-order valence-corrected chi connectivity index (χ1v) is 5.55. The van der Waals surface area contributed by atoms with E-state index in [-0.39, 0.29) is 17.5 Å². The van der Waals surface area contributed by atoms with Crippen molar-refractivity contribution in [2.75, 3.05) is 18.9 Å². The van der Waals surface area contributed by atoms with Gasteiger partial charge in [-0.2, -0.15) is 0 Å². The molecular weight excluding hydrogens is 238 g/mol. The second-order valence-electron chi connectivity index (χ2n) is 4.00. The van der Waals surface area contributed by atoms with Crippen molar-refractivity contribution in [3.05, 3.63) is 16.4 Å². The standard InChI is InChI=1S/C10H17N5O3/c1-5-13(3)10(16)7(2)12-9-8(15(17)18)11-6-14(9)4/h6-7,12H,5H2,1-4H3. The molecule has 0 spiro atoms. The van der Waals surface area contributed by atoms with Crippen LogP contribution in [-0.4, -0.2) is 44.9 Å². The Morgan fingerprint density at radius 1 is 1.72 bits per heavy atom. The summed E-state index contributed by atoms with van der Waals surface area (Å²) in [6, 6.07) is -0.552. The van der Waals surface area contributed by atoms with Crippen molar-refractivity contribution in [1.29, 1.82) is 0 Å². The van der Waals surface area contributed by atoms with E-state index in [4.69, 9.17) is 0 Å². The highest BCUT2D eigenvalue weighted by Crippen LogP contribution is 2.21. The molecule has 1 unspecified atom stereocenters. The number of nitro groups is 1. The molecule has 1 N–H and O–H groups in total. The molecule has 100 valence electrons. The van der Waals surface area contributed by atoms with Gasteiger partial charge in [0.05, 0.1) is 0 Å². The Bertz CT molecular complexity index is 456. The summed E-state index contributed by atoms with van der Waals surface area (Å²) in [5.74, 6) is -0.186. The minimum Gasteiger partial charge on any atom is -0.358 e. The van der Waals surface area contributed by atoms with Crippen LogP contribution in [0, 0.1) is 10.1 Å². The van der Waals surface area contributed by atoms with Crippen LogP contribution in [0.5, 0.6) is 0 Å². The fourth-order valence-electron chi connectivity index (χ4n) is 1.47. The third kappa shape index (κ3) is 2.76. The summed E-state index contributed by atoms with van der Waals surface area (Å²) in [6.45, 7) is 4.10. The second-order valence-corrected chi connectivity index (χ2v) is 4.00. The number of aromatic nitrogens is 2. The van der Waals surface area contributed by atoms with Gasteiger partial charge >= 0.3 is 5.82 Å². The van der Waals surface area contributed by atoms with Crippen LogP contribution in [0.2, 0.25) is 0 Å². The number of hydrogen-bond donors (Lipinski definition) is 1. The molecule has 1 rings (SSSR count). The van der Waals surface area contributed by atoms with Gasteiger partial charge in [0.25, 0.3) is 0 Å². The third-order valence-corrected chi connectivity index (χ3v) is 2.66. The van der Waals surface area contributed by atoms with Gasteiger partial charge in [-0.05, 0) is 23.8 Å². The molecule has 0 saturated carbocycles. The van der Waals surface area contributed by atoms with Crippen LogP contribution in [0.25, 0.3) is 0 Å². The van der Waals surface area contributed by atoms with Gasteiger partial charge in [0.1, 0.15) is 6.04 Å². The maximum Gasteiger partial charge on any atom is 0.406 e. The normalized spacial score (nSPS) is 12.0. The summed E-state index contributed by atoms with van der Waals surface area (Å²) < 4.78 is 1.48. The molecule has 1 atom stereocenters. The average Bonchev–Trinajstić information content (AvgIpc) is 2.69. The van der Waals surface area contributed by atoms with E-state index < -0.39 is 11.0 Å². The van der Waals surface area contributed by atoms with E-state index >= 15 is 0 Å². The summed E-state index contributed by atoms with van der Waals surface area (Å²) in [4.78, 5) is 27.3. The number of hydrogen-bond acceptors (Lipinski definition) is 5. The lowest BCUT2D eigenvalue weighted by atomic mass is 10.3. The first kappa shape index (κ1) is 13.9. The van der Waals surface area contributed by atoms with Gasteiger partial charge in [0.15, 0.2) is 0 Å². The molecule has 0 aromatic carbocycles. The Labute approximate surface area is 105 Å². The number of rotatable bonds is 5. The molecule has 0 fully saturated rings. The number of nitrogens with zero attached hydrogens (tertiary/aromatic N) is 4. The predicted octanol–water partition coefficient (Wildman–Crippen LogP) is 0.607. The summed E-state index contributed by atoms with van der Waals surface area (Å²) in [6.07, 6.45) is 1.33. The van der Waals surface area contributed by atoms with E-state index in [1.54, 1.807) is 25.9 Å². The maximum absolute atomic E-state index is 11.9. The largest absolute Gasteiger partial charge is 0.406 e. The lowest BCUT2D eigenvalue weighted by Crippen LogP contribution is -2.39. The van der Waals surface area contributed by atoms with Crippen molar-refractivity contribution >= 4 is 17.5 Å². The lowest BCUT2D eigenvalue weighted by molar-refractivity contribution is -0.388. The quantitative estimate of drug-likeness (QED) is 0.614. The first-order valence-electron chi connectivity index (χ1n) is 5.55. The number of aryl methyl sites for hydroxylation is 1. The molecule has 0 aliphatic carbocycles. The molecular formula is C10H17N5O3. The number of carbonyl (C=O) groups excluding carboxylic acids is 1. The summed E-state index contributed by atoms with van der Waals surface area (Å²) >= 11 is 0. The Morgan fingerprint density at radius 3 is 2.83 bits per heavy atom. The molecule has 1 amide bonds. The van der Waals surface area contributed by atoms with Gasteiger partial charge < -0.3 is 20.3 Å². The summed E-state index contributed by atoms with van der Waals surface area (Å²) in [7, 11) is 3.31. The van der Waals surface area contributed by atoms with Crippen LogP contribution in [0.1, 0.15) is 13.8 Å². The molecule has 0 aliphatic heterocycles. The monoisotopic (exact) mass is 255 g/mol. The molecule has 1 aromatic rings. The number of likely N-dealkylation sites (N-methyl/N-ethyl adjacent to an activating group) is 1. The van der Waals surface area contributed by atoms with E-state index in [0.29, 0.717) is 6.54 Å². The molecule has 8 heteroatoms. The van der Waals surface area contributed by atoms with Gasteiger partial charge in [-0.3, -0.25) is 9.36 Å². The fourth-order valence-corrected chi connectivity index (χ4v) is 1.47. The van der Waals surface area contributed by atoms with Crippen molar-refractivity contribution in [3.63, 3.8) is 0 Å². The van der Waals surface area contributed by atoms with Crippen molar-refractivity contribution in [1.82, 2.24) is 14.5 Å². The Hall–Kier alpha value is -2.12. The van der Waals surface area contributed by atoms with Crippen LogP contribution in [0.4, 0.5) is 11.6 Å². The maximum atomic E-state index is 11.9.